The number of aryl methyl sites for hydroxylation is 1. The number of fused-ring (bicyclic) bond motifs is 3. The quantitative estimate of drug-likeness (QED) is 0.156. The highest BCUT2D eigenvalue weighted by molar-refractivity contribution is 5.91. The van der Waals surface area contributed by atoms with Gasteiger partial charge in [0.25, 0.3) is 0 Å². The Morgan fingerprint density at radius 2 is 0.804 bits per heavy atom. The summed E-state index contributed by atoms with van der Waals surface area (Å²) in [6, 6.07) is 73.9. The van der Waals surface area contributed by atoms with Gasteiger partial charge in [-0.05, 0) is 105 Å². The molecular formula is C54H39NO. The van der Waals surface area contributed by atoms with E-state index in [1.165, 1.54) is 72.3 Å². The molecule has 1 aliphatic rings. The largest absolute Gasteiger partial charge is 0.456 e. The van der Waals surface area contributed by atoms with Crippen LogP contribution in [-0.4, -0.2) is 0 Å². The maximum Gasteiger partial charge on any atom is 0.135 e. The molecule has 0 saturated heterocycles. The van der Waals surface area contributed by atoms with E-state index in [1.54, 1.807) is 0 Å². The average Bonchev–Trinajstić information content (AvgIpc) is 3.65. The molecule has 9 aromatic rings. The molecule has 1 heterocycles. The van der Waals surface area contributed by atoms with Crippen molar-refractivity contribution in [3.05, 3.63) is 223 Å². The van der Waals surface area contributed by atoms with Gasteiger partial charge in [0.2, 0.25) is 0 Å². The smallest absolute Gasteiger partial charge is 0.135 e. The number of hydrogen-bond acceptors (Lipinski definition) is 2. The Hall–Kier alpha value is -7.16. The van der Waals surface area contributed by atoms with Crippen LogP contribution in [0.25, 0.3) is 72.7 Å². The molecular weight excluding hydrogens is 679 g/mol. The Labute approximate surface area is 328 Å². The minimum atomic E-state index is 0.894. The molecule has 0 aliphatic heterocycles. The zero-order chi connectivity index (χ0) is 37.3. The van der Waals surface area contributed by atoms with Gasteiger partial charge in [0.15, 0.2) is 0 Å². The molecule has 1 aromatic heterocycles. The summed E-state index contributed by atoms with van der Waals surface area (Å²) < 4.78 is 6.64. The lowest BCUT2D eigenvalue weighted by Crippen LogP contribution is -2.18. The van der Waals surface area contributed by atoms with Crippen molar-refractivity contribution in [3.63, 3.8) is 0 Å². The van der Waals surface area contributed by atoms with Crippen molar-refractivity contribution < 1.29 is 4.42 Å². The van der Waals surface area contributed by atoms with Crippen LogP contribution in [0.5, 0.6) is 0 Å². The zero-order valence-corrected chi connectivity index (χ0v) is 31.0. The molecule has 0 N–H and O–H groups in total. The fourth-order valence-corrected chi connectivity index (χ4v) is 8.17. The Kier molecular flexibility index (Phi) is 8.70. The summed E-state index contributed by atoms with van der Waals surface area (Å²) >= 11 is 0. The standard InChI is InChI=1S/C54H39NO/c1-5-13-38(14-6-1)40-21-27-46(28-22-40)55(48-31-34-51-50-33-26-45(39-15-7-2-8-16-39)36-53(50)56-54(51)37-48)47-29-23-41(24-30-47)44-25-32-49(42-17-9-3-10-18-42)52(35-44)43-19-11-4-12-20-43/h1-30,32-33,35-37H,31,34H2. The third-order valence-electron chi connectivity index (χ3n) is 11.0. The highest BCUT2D eigenvalue weighted by atomic mass is 16.3. The minimum absolute atomic E-state index is 0.894. The zero-order valence-electron chi connectivity index (χ0n) is 31.0. The lowest BCUT2D eigenvalue weighted by Gasteiger charge is -2.30. The van der Waals surface area contributed by atoms with E-state index in [0.717, 1.165) is 35.6 Å². The van der Waals surface area contributed by atoms with Gasteiger partial charge in [0, 0.05) is 34.1 Å². The summed E-state index contributed by atoms with van der Waals surface area (Å²) in [7, 11) is 0. The lowest BCUT2D eigenvalue weighted by molar-refractivity contribution is 0.593. The molecule has 10 rings (SSSR count). The molecule has 1 aliphatic carbocycles. The van der Waals surface area contributed by atoms with E-state index in [-0.39, 0.29) is 0 Å². The molecule has 0 amide bonds. The number of anilines is 2. The third-order valence-corrected chi connectivity index (χ3v) is 11.0. The molecule has 266 valence electrons. The summed E-state index contributed by atoms with van der Waals surface area (Å²) in [4.78, 5) is 2.40. The minimum Gasteiger partial charge on any atom is -0.456 e. The van der Waals surface area contributed by atoms with Gasteiger partial charge in [-0.3, -0.25) is 0 Å². The molecule has 0 spiro atoms. The van der Waals surface area contributed by atoms with E-state index in [2.05, 4.69) is 217 Å². The molecule has 2 heteroatoms. The van der Waals surface area contributed by atoms with Crippen molar-refractivity contribution in [2.24, 2.45) is 0 Å². The van der Waals surface area contributed by atoms with Crippen molar-refractivity contribution in [2.75, 3.05) is 4.90 Å². The molecule has 0 bridgehead atoms. The van der Waals surface area contributed by atoms with E-state index in [0.29, 0.717) is 0 Å². The predicted octanol–water partition coefficient (Wildman–Crippen LogP) is 14.9. The molecule has 56 heavy (non-hydrogen) atoms. The summed E-state index contributed by atoms with van der Waals surface area (Å²) in [5, 5.41) is 1.20. The summed E-state index contributed by atoms with van der Waals surface area (Å²) in [6.07, 6.45) is 4.06. The summed E-state index contributed by atoms with van der Waals surface area (Å²) in [5.74, 6) is 0.945. The topological polar surface area (TPSA) is 16.4 Å². The normalized spacial score (nSPS) is 12.2. The Balaban J connectivity index is 1.04. The van der Waals surface area contributed by atoms with Gasteiger partial charge in [-0.25, -0.2) is 0 Å². The van der Waals surface area contributed by atoms with E-state index in [9.17, 15) is 0 Å². The van der Waals surface area contributed by atoms with Gasteiger partial charge in [-0.1, -0.05) is 170 Å². The summed E-state index contributed by atoms with van der Waals surface area (Å²) in [5.41, 5.74) is 17.7. The van der Waals surface area contributed by atoms with Gasteiger partial charge in [-0.2, -0.15) is 0 Å². The SMILES string of the molecule is C1=C(N(c2ccc(-c3ccccc3)cc2)c2ccc(-c3ccc(-c4ccccc4)c(-c4ccccc4)c3)cc2)CCc2c1oc1cc(-c3ccccc3)ccc21. The van der Waals surface area contributed by atoms with Crippen LogP contribution in [0.4, 0.5) is 11.4 Å². The first kappa shape index (κ1) is 33.4. The van der Waals surface area contributed by atoms with Crippen LogP contribution in [0.2, 0.25) is 0 Å². The first-order chi connectivity index (χ1) is 27.7. The number of hydrogen-bond donors (Lipinski definition) is 0. The Bertz CT molecular complexity index is 2800. The predicted molar refractivity (Wildman–Crippen MR) is 235 cm³/mol. The van der Waals surface area contributed by atoms with E-state index < -0.39 is 0 Å². The number of rotatable bonds is 8. The van der Waals surface area contributed by atoms with E-state index in [4.69, 9.17) is 4.42 Å². The lowest BCUT2D eigenvalue weighted by atomic mass is 9.91. The van der Waals surface area contributed by atoms with Crippen molar-refractivity contribution in [1.82, 2.24) is 0 Å². The van der Waals surface area contributed by atoms with Gasteiger partial charge >= 0.3 is 0 Å². The van der Waals surface area contributed by atoms with Crippen LogP contribution >= 0.6 is 0 Å². The van der Waals surface area contributed by atoms with Crippen molar-refractivity contribution in [1.29, 1.82) is 0 Å². The number of benzene rings is 8. The van der Waals surface area contributed by atoms with Crippen molar-refractivity contribution >= 4 is 28.4 Å². The van der Waals surface area contributed by atoms with E-state index in [1.807, 2.05) is 0 Å². The number of furan rings is 1. The first-order valence-corrected chi connectivity index (χ1v) is 19.4. The van der Waals surface area contributed by atoms with Crippen LogP contribution in [0.1, 0.15) is 17.7 Å². The fraction of sp³-hybridized carbons (Fsp3) is 0.0370. The van der Waals surface area contributed by atoms with Crippen LogP contribution in [0, 0.1) is 0 Å². The molecule has 0 atom stereocenters. The third kappa shape index (κ3) is 6.42. The molecule has 0 unspecified atom stereocenters. The number of allylic oxidation sites excluding steroid dienone is 1. The number of nitrogens with zero attached hydrogens (tertiary/aromatic N) is 1. The highest BCUT2D eigenvalue weighted by Gasteiger charge is 2.24. The van der Waals surface area contributed by atoms with Crippen LogP contribution < -0.4 is 4.90 Å². The van der Waals surface area contributed by atoms with Gasteiger partial charge in [-0.15, -0.1) is 0 Å². The van der Waals surface area contributed by atoms with Gasteiger partial charge < -0.3 is 9.32 Å². The van der Waals surface area contributed by atoms with Crippen molar-refractivity contribution in [3.8, 4) is 55.6 Å². The molecule has 0 saturated carbocycles. The van der Waals surface area contributed by atoms with Crippen molar-refractivity contribution in [2.45, 2.75) is 12.8 Å². The molecule has 0 fully saturated rings. The van der Waals surface area contributed by atoms with Crippen LogP contribution in [0.15, 0.2) is 216 Å². The van der Waals surface area contributed by atoms with Crippen LogP contribution in [-0.2, 0) is 6.42 Å². The Morgan fingerprint density at radius 3 is 1.39 bits per heavy atom. The molecule has 8 aromatic carbocycles. The van der Waals surface area contributed by atoms with E-state index >= 15 is 0 Å². The first-order valence-electron chi connectivity index (χ1n) is 19.4. The highest BCUT2D eigenvalue weighted by Crippen LogP contribution is 2.42. The monoisotopic (exact) mass is 717 g/mol. The van der Waals surface area contributed by atoms with Crippen LogP contribution in [0.3, 0.4) is 0 Å². The molecule has 0 radical (unpaired) electrons. The fourth-order valence-electron chi connectivity index (χ4n) is 8.17. The maximum absolute atomic E-state index is 6.64. The maximum atomic E-state index is 6.64. The Morgan fingerprint density at radius 1 is 0.357 bits per heavy atom. The summed E-state index contributed by atoms with van der Waals surface area (Å²) in [6.45, 7) is 0. The second-order valence-electron chi connectivity index (χ2n) is 14.4. The second kappa shape index (κ2) is 14.6. The van der Waals surface area contributed by atoms with Gasteiger partial charge in [0.05, 0.1) is 0 Å². The van der Waals surface area contributed by atoms with Gasteiger partial charge in [0.1, 0.15) is 11.3 Å². The second-order valence-corrected chi connectivity index (χ2v) is 14.4. The molecule has 2 nitrogen and oxygen atoms in total. The average molecular weight is 718 g/mol.